The quantitative estimate of drug-likeness (QED) is 0.887. The number of anilines is 1. The summed E-state index contributed by atoms with van der Waals surface area (Å²) in [6, 6.07) is 16.3. The van der Waals surface area contributed by atoms with Crippen molar-refractivity contribution in [3.05, 3.63) is 64.2 Å². The fourth-order valence-corrected chi connectivity index (χ4v) is 3.25. The summed E-state index contributed by atoms with van der Waals surface area (Å²) in [5, 5.41) is 12.9. The molecular formula is C18H17ClN2. The van der Waals surface area contributed by atoms with Crippen molar-refractivity contribution in [2.75, 3.05) is 11.9 Å². The normalized spacial score (nSPS) is 16.9. The van der Waals surface area contributed by atoms with Gasteiger partial charge in [0.15, 0.2) is 0 Å². The summed E-state index contributed by atoms with van der Waals surface area (Å²) in [6.45, 7) is 0.902. The number of aryl methyl sites for hydroxylation is 1. The number of hydrogen-bond donors (Lipinski definition) is 1. The van der Waals surface area contributed by atoms with Gasteiger partial charge in [0.1, 0.15) is 6.07 Å². The van der Waals surface area contributed by atoms with E-state index in [2.05, 4.69) is 35.7 Å². The van der Waals surface area contributed by atoms with Gasteiger partial charge < -0.3 is 5.32 Å². The Hall–Kier alpha value is -1.98. The first-order chi connectivity index (χ1) is 10.3. The Morgan fingerprint density at radius 3 is 2.90 bits per heavy atom. The van der Waals surface area contributed by atoms with Crippen LogP contribution in [0.4, 0.5) is 5.69 Å². The fraction of sp³-hybridized carbons (Fsp3) is 0.278. The first-order valence-electron chi connectivity index (χ1n) is 7.29. The maximum Gasteiger partial charge on any atom is 0.101 e. The molecule has 21 heavy (non-hydrogen) atoms. The highest BCUT2D eigenvalue weighted by Crippen LogP contribution is 2.31. The summed E-state index contributed by atoms with van der Waals surface area (Å²) >= 11 is 6.07. The van der Waals surface area contributed by atoms with Crippen molar-refractivity contribution in [2.24, 2.45) is 0 Å². The summed E-state index contributed by atoms with van der Waals surface area (Å²) in [5.41, 5.74) is 4.44. The van der Waals surface area contributed by atoms with Crippen LogP contribution in [0.25, 0.3) is 0 Å². The SMILES string of the molecule is N#Cc1ccc(NCC2CCCc3ccccc32)cc1Cl. The van der Waals surface area contributed by atoms with E-state index < -0.39 is 0 Å². The third-order valence-corrected chi connectivity index (χ3v) is 4.45. The average Bonchev–Trinajstić information content (AvgIpc) is 2.53. The van der Waals surface area contributed by atoms with Gasteiger partial charge in [0, 0.05) is 18.2 Å². The molecule has 3 rings (SSSR count). The van der Waals surface area contributed by atoms with Crippen LogP contribution in [0.5, 0.6) is 0 Å². The highest BCUT2D eigenvalue weighted by molar-refractivity contribution is 6.32. The van der Waals surface area contributed by atoms with Crippen molar-refractivity contribution < 1.29 is 0 Å². The van der Waals surface area contributed by atoms with Crippen molar-refractivity contribution in [3.8, 4) is 6.07 Å². The maximum atomic E-state index is 8.90. The van der Waals surface area contributed by atoms with Crippen molar-refractivity contribution in [3.63, 3.8) is 0 Å². The van der Waals surface area contributed by atoms with E-state index in [0.717, 1.165) is 12.2 Å². The average molecular weight is 297 g/mol. The molecule has 0 saturated heterocycles. The van der Waals surface area contributed by atoms with E-state index in [9.17, 15) is 0 Å². The molecule has 0 heterocycles. The summed E-state index contributed by atoms with van der Waals surface area (Å²) in [4.78, 5) is 0. The lowest BCUT2D eigenvalue weighted by atomic mass is 9.83. The van der Waals surface area contributed by atoms with Gasteiger partial charge in [0.05, 0.1) is 10.6 Å². The number of hydrogen-bond acceptors (Lipinski definition) is 2. The molecule has 0 saturated carbocycles. The predicted molar refractivity (Wildman–Crippen MR) is 86.8 cm³/mol. The zero-order valence-electron chi connectivity index (χ0n) is 11.8. The van der Waals surface area contributed by atoms with Crippen LogP contribution < -0.4 is 5.32 Å². The Labute approximate surface area is 130 Å². The lowest BCUT2D eigenvalue weighted by Crippen LogP contribution is -2.18. The molecule has 2 aromatic carbocycles. The molecule has 1 atom stereocenters. The molecule has 0 bridgehead atoms. The number of nitrogens with zero attached hydrogens (tertiary/aromatic N) is 1. The van der Waals surface area contributed by atoms with Crippen molar-refractivity contribution in [1.82, 2.24) is 0 Å². The molecular weight excluding hydrogens is 280 g/mol. The van der Waals surface area contributed by atoms with E-state index in [1.165, 1.54) is 30.4 Å². The van der Waals surface area contributed by atoms with Crippen molar-refractivity contribution in [2.45, 2.75) is 25.2 Å². The highest BCUT2D eigenvalue weighted by atomic mass is 35.5. The Morgan fingerprint density at radius 2 is 2.10 bits per heavy atom. The molecule has 0 radical (unpaired) electrons. The topological polar surface area (TPSA) is 35.8 Å². The van der Waals surface area contributed by atoms with Crippen LogP contribution in [0.15, 0.2) is 42.5 Å². The van der Waals surface area contributed by atoms with Crippen LogP contribution in [-0.4, -0.2) is 6.54 Å². The third-order valence-electron chi connectivity index (χ3n) is 4.14. The maximum absolute atomic E-state index is 8.90. The van der Waals surface area contributed by atoms with Crippen LogP contribution in [0, 0.1) is 11.3 Å². The van der Waals surface area contributed by atoms with Crippen molar-refractivity contribution in [1.29, 1.82) is 5.26 Å². The molecule has 1 aliphatic carbocycles. The molecule has 1 N–H and O–H groups in total. The van der Waals surface area contributed by atoms with Gasteiger partial charge in [-0.25, -0.2) is 0 Å². The Kier molecular flexibility index (Phi) is 4.13. The molecule has 3 heteroatoms. The molecule has 0 aromatic heterocycles. The molecule has 1 unspecified atom stereocenters. The number of nitrogens with one attached hydrogen (secondary N) is 1. The Bertz CT molecular complexity index is 688. The van der Waals surface area contributed by atoms with Crippen LogP contribution >= 0.6 is 11.6 Å². The molecule has 0 spiro atoms. The third kappa shape index (κ3) is 3.04. The van der Waals surface area contributed by atoms with Crippen LogP contribution in [0.3, 0.4) is 0 Å². The van der Waals surface area contributed by atoms with Gasteiger partial charge >= 0.3 is 0 Å². The standard InChI is InChI=1S/C18H17ClN2/c19-18-10-16(9-8-14(18)11-20)21-12-15-6-3-5-13-4-1-2-7-17(13)15/h1-2,4,7-10,15,21H,3,5-6,12H2. The molecule has 1 aliphatic rings. The smallest absolute Gasteiger partial charge is 0.101 e. The largest absolute Gasteiger partial charge is 0.384 e. The minimum Gasteiger partial charge on any atom is -0.384 e. The first kappa shape index (κ1) is 14.0. The van der Waals surface area contributed by atoms with E-state index in [1.54, 1.807) is 6.07 Å². The lowest BCUT2D eigenvalue weighted by Gasteiger charge is -2.26. The molecule has 0 fully saturated rings. The molecule has 2 aromatic rings. The second-order valence-electron chi connectivity index (χ2n) is 5.48. The first-order valence-corrected chi connectivity index (χ1v) is 7.67. The minimum atomic E-state index is 0.506. The number of benzene rings is 2. The fourth-order valence-electron chi connectivity index (χ4n) is 3.02. The molecule has 106 valence electrons. The van der Waals surface area contributed by atoms with Gasteiger partial charge in [0.25, 0.3) is 0 Å². The lowest BCUT2D eigenvalue weighted by molar-refractivity contribution is 0.572. The van der Waals surface area contributed by atoms with Crippen LogP contribution in [-0.2, 0) is 6.42 Å². The number of fused-ring (bicyclic) bond motifs is 1. The zero-order valence-corrected chi connectivity index (χ0v) is 12.5. The summed E-state index contributed by atoms with van der Waals surface area (Å²) in [6.07, 6.45) is 3.65. The van der Waals surface area contributed by atoms with Gasteiger partial charge in [-0.15, -0.1) is 0 Å². The summed E-state index contributed by atoms with van der Waals surface area (Å²) in [7, 11) is 0. The number of rotatable bonds is 3. The van der Waals surface area contributed by atoms with Gasteiger partial charge in [-0.05, 0) is 48.6 Å². The monoisotopic (exact) mass is 296 g/mol. The number of halogens is 1. The van der Waals surface area contributed by atoms with Gasteiger partial charge in [0.2, 0.25) is 0 Å². The predicted octanol–water partition coefficient (Wildman–Crippen LogP) is 4.74. The molecule has 0 aliphatic heterocycles. The Morgan fingerprint density at radius 1 is 1.24 bits per heavy atom. The van der Waals surface area contributed by atoms with Crippen LogP contribution in [0.2, 0.25) is 5.02 Å². The number of nitriles is 1. The highest BCUT2D eigenvalue weighted by Gasteiger charge is 2.19. The minimum absolute atomic E-state index is 0.506. The van der Waals surface area contributed by atoms with E-state index >= 15 is 0 Å². The summed E-state index contributed by atoms with van der Waals surface area (Å²) in [5.74, 6) is 0.546. The van der Waals surface area contributed by atoms with Crippen molar-refractivity contribution >= 4 is 17.3 Å². The molecule has 0 amide bonds. The van der Waals surface area contributed by atoms with Crippen LogP contribution in [0.1, 0.15) is 35.4 Å². The van der Waals surface area contributed by atoms with Gasteiger partial charge in [-0.3, -0.25) is 0 Å². The van der Waals surface area contributed by atoms with E-state index in [-0.39, 0.29) is 0 Å². The van der Waals surface area contributed by atoms with E-state index in [0.29, 0.717) is 16.5 Å². The van der Waals surface area contributed by atoms with E-state index in [1.807, 2.05) is 12.1 Å². The molecule has 2 nitrogen and oxygen atoms in total. The summed E-state index contributed by atoms with van der Waals surface area (Å²) < 4.78 is 0. The van der Waals surface area contributed by atoms with E-state index in [4.69, 9.17) is 16.9 Å². The second-order valence-corrected chi connectivity index (χ2v) is 5.88. The van der Waals surface area contributed by atoms with Gasteiger partial charge in [-0.2, -0.15) is 5.26 Å². The Balaban J connectivity index is 1.72. The second kappa shape index (κ2) is 6.20. The zero-order chi connectivity index (χ0) is 14.7. The van der Waals surface area contributed by atoms with Gasteiger partial charge in [-0.1, -0.05) is 35.9 Å².